The molecule has 0 aliphatic carbocycles. The molecule has 0 aliphatic rings. The molecule has 0 unspecified atom stereocenters. The molecular weight excluding hydrogens is 556 g/mol. The van der Waals surface area contributed by atoms with Gasteiger partial charge in [-0.2, -0.15) is 23.5 Å². The van der Waals surface area contributed by atoms with Gasteiger partial charge in [0.15, 0.2) is 0 Å². The average molecular weight is 585 g/mol. The minimum absolute atomic E-state index is 0.0351. The van der Waals surface area contributed by atoms with Crippen molar-refractivity contribution in [3.05, 3.63) is 58.5 Å². The molecule has 210 valence electrons. The number of hydrogen-bond acceptors (Lipinski definition) is 5. The Labute approximate surface area is 229 Å². The van der Waals surface area contributed by atoms with Gasteiger partial charge >= 0.3 is 6.18 Å². The van der Waals surface area contributed by atoms with E-state index in [1.54, 1.807) is 29.9 Å². The lowest BCUT2D eigenvalue weighted by molar-refractivity contribution is -0.128. The Hall–Kier alpha value is -3.21. The molecule has 14 heteroatoms. The van der Waals surface area contributed by atoms with E-state index in [0.717, 1.165) is 12.2 Å². The Balaban J connectivity index is 1.78. The molecule has 0 saturated carbocycles. The molecule has 1 aromatic carbocycles. The van der Waals surface area contributed by atoms with Crippen LogP contribution in [0.4, 0.5) is 17.6 Å². The van der Waals surface area contributed by atoms with Crippen LogP contribution in [0.15, 0.2) is 30.6 Å². The molecule has 0 aliphatic heterocycles. The van der Waals surface area contributed by atoms with Crippen LogP contribution in [0.3, 0.4) is 0 Å². The smallest absolute Gasteiger partial charge is 0.361 e. The number of imidazole rings is 1. The van der Waals surface area contributed by atoms with E-state index in [1.807, 2.05) is 0 Å². The summed E-state index contributed by atoms with van der Waals surface area (Å²) < 4.78 is 59.9. The predicted octanol–water partition coefficient (Wildman–Crippen LogP) is 5.89. The van der Waals surface area contributed by atoms with Gasteiger partial charge in [-0.25, -0.2) is 9.37 Å². The van der Waals surface area contributed by atoms with Crippen LogP contribution in [0.5, 0.6) is 0 Å². The van der Waals surface area contributed by atoms with E-state index in [0.29, 0.717) is 17.9 Å². The lowest BCUT2D eigenvalue weighted by Gasteiger charge is -2.29. The van der Waals surface area contributed by atoms with Crippen LogP contribution >= 0.6 is 11.6 Å². The van der Waals surface area contributed by atoms with Gasteiger partial charge < -0.3 is 14.6 Å². The number of rotatable bonds is 11. The summed E-state index contributed by atoms with van der Waals surface area (Å²) in [5, 5.41) is 13.4. The largest absolute Gasteiger partial charge is 0.396 e. The fourth-order valence-electron chi connectivity index (χ4n) is 3.65. The van der Waals surface area contributed by atoms with Gasteiger partial charge in [0.1, 0.15) is 42.1 Å². The Morgan fingerprint density at radius 3 is 2.67 bits per heavy atom. The van der Waals surface area contributed by atoms with Crippen molar-refractivity contribution in [1.29, 1.82) is 5.26 Å². The fraction of sp³-hybridized carbons (Fsp3) is 0.440. The maximum Gasteiger partial charge on any atom is 0.396 e. The zero-order valence-electron chi connectivity index (χ0n) is 21.9. The molecule has 0 spiro atoms. The lowest BCUT2D eigenvalue weighted by atomic mass is 10.1. The molecular formula is C25H29ClF4N6O2Si. The van der Waals surface area contributed by atoms with Crippen LogP contribution in [-0.2, 0) is 17.7 Å². The summed E-state index contributed by atoms with van der Waals surface area (Å²) in [6.45, 7) is 8.89. The van der Waals surface area contributed by atoms with Crippen molar-refractivity contribution in [3.63, 3.8) is 0 Å². The molecule has 1 amide bonds. The van der Waals surface area contributed by atoms with Gasteiger partial charge in [0.2, 0.25) is 0 Å². The number of ether oxygens (including phenoxy) is 1. The lowest BCUT2D eigenvalue weighted by Crippen LogP contribution is -2.43. The number of benzene rings is 1. The minimum Gasteiger partial charge on any atom is -0.361 e. The number of carbonyl (C=O) groups is 1. The highest BCUT2D eigenvalue weighted by molar-refractivity contribution is 6.76. The summed E-state index contributed by atoms with van der Waals surface area (Å²) in [4.78, 5) is 20.9. The summed E-state index contributed by atoms with van der Waals surface area (Å²) >= 11 is 6.01. The van der Waals surface area contributed by atoms with Crippen LogP contribution in [0.25, 0.3) is 11.3 Å². The Kier molecular flexibility index (Phi) is 9.58. The average Bonchev–Trinajstić information content (AvgIpc) is 3.46. The second-order valence-electron chi connectivity index (χ2n) is 10.4. The first-order chi connectivity index (χ1) is 18.2. The molecule has 3 aromatic rings. The summed E-state index contributed by atoms with van der Waals surface area (Å²) in [7, 11) is -1.39. The number of nitriles is 1. The normalized spacial score (nSPS) is 12.8. The van der Waals surface area contributed by atoms with Crippen LogP contribution in [0.2, 0.25) is 30.7 Å². The second-order valence-corrected chi connectivity index (χ2v) is 16.4. The number of aromatic amines is 1. The highest BCUT2D eigenvalue weighted by atomic mass is 35.5. The predicted molar refractivity (Wildman–Crippen MR) is 140 cm³/mol. The number of H-pyrrole nitrogens is 1. The highest BCUT2D eigenvalue weighted by Crippen LogP contribution is 2.27. The SMILES string of the molecule is C[C@@H](Cn1ccc(-c2cc(F)c(C#N)c(Cl)c2)n1)N(COCC[Si](C)(C)C)C(=O)c1cnc(CC(F)(F)F)[nH]1. The van der Waals surface area contributed by atoms with Crippen molar-refractivity contribution in [2.24, 2.45) is 0 Å². The quantitative estimate of drug-likeness (QED) is 0.131. The molecule has 8 nitrogen and oxygen atoms in total. The molecule has 2 heterocycles. The zero-order chi connectivity index (χ0) is 29.0. The minimum atomic E-state index is -4.47. The summed E-state index contributed by atoms with van der Waals surface area (Å²) in [5.74, 6) is -1.69. The van der Waals surface area contributed by atoms with Crippen LogP contribution in [0, 0.1) is 17.1 Å². The first-order valence-electron chi connectivity index (χ1n) is 12.1. The molecule has 1 atom stereocenters. The second kappa shape index (κ2) is 12.3. The van der Waals surface area contributed by atoms with Gasteiger partial charge in [0, 0.05) is 26.4 Å². The molecule has 1 N–H and O–H groups in total. The van der Waals surface area contributed by atoms with Crippen molar-refractivity contribution in [3.8, 4) is 17.3 Å². The summed E-state index contributed by atoms with van der Waals surface area (Å²) in [6.07, 6.45) is -3.02. The van der Waals surface area contributed by atoms with Gasteiger partial charge in [0.05, 0.1) is 29.5 Å². The summed E-state index contributed by atoms with van der Waals surface area (Å²) in [5.41, 5.74) is 0.440. The number of nitrogens with zero attached hydrogens (tertiary/aromatic N) is 5. The third-order valence-corrected chi connectivity index (χ3v) is 7.79. The molecule has 0 fully saturated rings. The van der Waals surface area contributed by atoms with Crippen molar-refractivity contribution in [2.75, 3.05) is 13.3 Å². The van der Waals surface area contributed by atoms with Crippen LogP contribution in [0.1, 0.15) is 28.8 Å². The van der Waals surface area contributed by atoms with E-state index in [1.165, 1.54) is 17.0 Å². The zero-order valence-corrected chi connectivity index (χ0v) is 23.7. The van der Waals surface area contributed by atoms with Gasteiger partial charge in [-0.05, 0) is 31.2 Å². The number of amides is 1. The first-order valence-corrected chi connectivity index (χ1v) is 16.2. The number of hydrogen-bond donors (Lipinski definition) is 1. The third-order valence-electron chi connectivity index (χ3n) is 5.79. The van der Waals surface area contributed by atoms with E-state index in [9.17, 15) is 22.4 Å². The first kappa shape index (κ1) is 30.3. The van der Waals surface area contributed by atoms with E-state index in [4.69, 9.17) is 21.6 Å². The third kappa shape index (κ3) is 8.64. The Morgan fingerprint density at radius 2 is 2.05 bits per heavy atom. The van der Waals surface area contributed by atoms with Crippen molar-refractivity contribution in [1.82, 2.24) is 24.6 Å². The molecule has 0 saturated heterocycles. The number of alkyl halides is 3. The van der Waals surface area contributed by atoms with Gasteiger partial charge in [-0.3, -0.25) is 9.48 Å². The monoisotopic (exact) mass is 584 g/mol. The number of nitrogens with one attached hydrogen (secondary N) is 1. The molecule has 0 radical (unpaired) electrons. The van der Waals surface area contributed by atoms with Gasteiger partial charge in [-0.15, -0.1) is 0 Å². The van der Waals surface area contributed by atoms with Crippen LogP contribution < -0.4 is 0 Å². The molecule has 3 rings (SSSR count). The van der Waals surface area contributed by atoms with Crippen LogP contribution in [-0.4, -0.2) is 64.2 Å². The maximum absolute atomic E-state index is 14.2. The van der Waals surface area contributed by atoms with Crippen molar-refractivity contribution in [2.45, 2.75) is 57.8 Å². The molecule has 2 aromatic heterocycles. The summed E-state index contributed by atoms with van der Waals surface area (Å²) in [6, 6.07) is 6.33. The van der Waals surface area contributed by atoms with Crippen molar-refractivity contribution < 1.29 is 27.1 Å². The highest BCUT2D eigenvalue weighted by Gasteiger charge is 2.31. The Bertz CT molecular complexity index is 1320. The van der Waals surface area contributed by atoms with E-state index >= 15 is 0 Å². The van der Waals surface area contributed by atoms with Crippen molar-refractivity contribution >= 4 is 25.6 Å². The topological polar surface area (TPSA) is 99.8 Å². The maximum atomic E-state index is 14.2. The van der Waals surface area contributed by atoms with E-state index < -0.39 is 38.4 Å². The standard InChI is InChI=1S/C25H29ClF4N6O2Si/c1-16(14-35-6-5-21(34-35)17-9-19(26)18(12-31)20(27)10-17)36(15-38-7-8-39(2,3)4)24(37)22-13-32-23(33-22)11-25(28,29)30/h5-6,9-10,13,16H,7-8,11,14-15H2,1-4H3,(H,32,33)/t16-/m0/s1. The van der Waals surface area contributed by atoms with E-state index in [2.05, 4.69) is 34.7 Å². The number of aromatic nitrogens is 4. The van der Waals surface area contributed by atoms with E-state index in [-0.39, 0.29) is 35.4 Å². The van der Waals surface area contributed by atoms with Gasteiger partial charge in [0.25, 0.3) is 5.91 Å². The van der Waals surface area contributed by atoms with Gasteiger partial charge in [-0.1, -0.05) is 31.2 Å². The Morgan fingerprint density at radius 1 is 1.33 bits per heavy atom. The number of carbonyl (C=O) groups excluding carboxylic acids is 1. The fourth-order valence-corrected chi connectivity index (χ4v) is 4.65. The molecule has 39 heavy (non-hydrogen) atoms. The molecule has 0 bridgehead atoms. The number of halogens is 5.